The Morgan fingerprint density at radius 2 is 1.84 bits per heavy atom. The number of carbonyl (C=O) groups is 2. The predicted octanol–water partition coefficient (Wildman–Crippen LogP) is 0.738. The molecule has 0 saturated carbocycles. The molecule has 2 saturated heterocycles. The number of rotatable bonds is 3. The zero-order valence-electron chi connectivity index (χ0n) is 12.1. The van der Waals surface area contributed by atoms with Gasteiger partial charge in [0.25, 0.3) is 0 Å². The van der Waals surface area contributed by atoms with Crippen LogP contribution in [0.1, 0.15) is 26.7 Å². The van der Waals surface area contributed by atoms with Gasteiger partial charge in [-0.3, -0.25) is 14.5 Å². The number of nitrogens with zero attached hydrogens (tertiary/aromatic N) is 2. The summed E-state index contributed by atoms with van der Waals surface area (Å²) < 4.78 is 4.83. The van der Waals surface area contributed by atoms with Crippen molar-refractivity contribution < 1.29 is 14.3 Å². The van der Waals surface area contributed by atoms with Crippen molar-refractivity contribution in [1.29, 1.82) is 0 Å². The molecule has 0 N–H and O–H groups in total. The van der Waals surface area contributed by atoms with Crippen molar-refractivity contribution in [3.63, 3.8) is 0 Å². The van der Waals surface area contributed by atoms with E-state index in [4.69, 9.17) is 4.74 Å². The fourth-order valence-corrected chi connectivity index (χ4v) is 3.14. The summed E-state index contributed by atoms with van der Waals surface area (Å²) in [5, 5.41) is 0. The average Bonchev–Trinajstić information content (AvgIpc) is 3.05. The molecule has 0 bridgehead atoms. The third kappa shape index (κ3) is 2.91. The van der Waals surface area contributed by atoms with E-state index in [2.05, 4.69) is 11.8 Å². The molecule has 2 heterocycles. The molecule has 2 rings (SSSR count). The minimum Gasteiger partial charge on any atom is -0.469 e. The number of esters is 1. The number of ether oxygens (including phenoxy) is 1. The van der Waals surface area contributed by atoms with E-state index in [0.717, 1.165) is 32.5 Å². The minimum atomic E-state index is -0.157. The zero-order chi connectivity index (χ0) is 14.0. The van der Waals surface area contributed by atoms with Gasteiger partial charge in [-0.15, -0.1) is 0 Å². The van der Waals surface area contributed by atoms with E-state index in [0.29, 0.717) is 6.54 Å². The predicted molar refractivity (Wildman–Crippen MR) is 71.5 cm³/mol. The first-order valence-electron chi connectivity index (χ1n) is 7.15. The Morgan fingerprint density at radius 1 is 1.21 bits per heavy atom. The first-order chi connectivity index (χ1) is 9.04. The van der Waals surface area contributed by atoms with Crippen molar-refractivity contribution in [2.75, 3.05) is 33.3 Å². The van der Waals surface area contributed by atoms with Gasteiger partial charge in [0.1, 0.15) is 0 Å². The molecule has 0 radical (unpaired) electrons. The second-order valence-electron chi connectivity index (χ2n) is 5.77. The third-order valence-electron chi connectivity index (χ3n) is 4.47. The van der Waals surface area contributed by atoms with Crippen molar-refractivity contribution in [2.24, 2.45) is 11.8 Å². The molecule has 0 spiro atoms. The van der Waals surface area contributed by atoms with Crippen LogP contribution < -0.4 is 0 Å². The lowest BCUT2D eigenvalue weighted by Gasteiger charge is -2.27. The molecule has 0 aromatic rings. The first kappa shape index (κ1) is 14.3. The number of methoxy groups -OCH3 is 1. The summed E-state index contributed by atoms with van der Waals surface area (Å²) in [5.74, 6) is 0.200. The van der Waals surface area contributed by atoms with Gasteiger partial charge in [-0.1, -0.05) is 6.92 Å². The highest BCUT2D eigenvalue weighted by Gasteiger charge is 2.39. The average molecular weight is 268 g/mol. The summed E-state index contributed by atoms with van der Waals surface area (Å²) in [6, 6.07) is -0.129. The quantitative estimate of drug-likeness (QED) is 0.708. The fourth-order valence-electron chi connectivity index (χ4n) is 3.14. The number of likely N-dealkylation sites (tertiary alicyclic amines) is 2. The van der Waals surface area contributed by atoms with Crippen molar-refractivity contribution in [1.82, 2.24) is 9.80 Å². The van der Waals surface area contributed by atoms with Gasteiger partial charge < -0.3 is 9.64 Å². The Hall–Kier alpha value is -1.10. The van der Waals surface area contributed by atoms with Gasteiger partial charge >= 0.3 is 5.97 Å². The molecule has 3 unspecified atom stereocenters. The highest BCUT2D eigenvalue weighted by atomic mass is 16.5. The monoisotopic (exact) mass is 268 g/mol. The van der Waals surface area contributed by atoms with Crippen LogP contribution in [0.25, 0.3) is 0 Å². The summed E-state index contributed by atoms with van der Waals surface area (Å²) >= 11 is 0. The van der Waals surface area contributed by atoms with Crippen molar-refractivity contribution in [3.05, 3.63) is 0 Å². The van der Waals surface area contributed by atoms with Gasteiger partial charge in [-0.05, 0) is 25.7 Å². The van der Waals surface area contributed by atoms with Crippen LogP contribution in [0.4, 0.5) is 0 Å². The second kappa shape index (κ2) is 5.90. The molecule has 1 amide bonds. The molecule has 5 nitrogen and oxygen atoms in total. The highest BCUT2D eigenvalue weighted by Crippen LogP contribution is 2.26. The van der Waals surface area contributed by atoms with Gasteiger partial charge in [0.15, 0.2) is 0 Å². The maximum Gasteiger partial charge on any atom is 0.310 e. The Labute approximate surface area is 114 Å². The Morgan fingerprint density at radius 3 is 2.42 bits per heavy atom. The van der Waals surface area contributed by atoms with Gasteiger partial charge in [-0.2, -0.15) is 0 Å². The molecular formula is C14H24N2O3. The van der Waals surface area contributed by atoms with E-state index in [9.17, 15) is 9.59 Å². The number of hydrogen-bond donors (Lipinski definition) is 0. The van der Waals surface area contributed by atoms with Crippen LogP contribution in [0, 0.1) is 11.8 Å². The fraction of sp³-hybridized carbons (Fsp3) is 0.857. The van der Waals surface area contributed by atoms with Crippen LogP contribution in [-0.4, -0.2) is 61.0 Å². The van der Waals surface area contributed by atoms with E-state index < -0.39 is 0 Å². The molecular weight excluding hydrogens is 244 g/mol. The standard InChI is InChI=1S/C14H24N2O3/c1-10-8-16(9-12(10)14(18)19-3)11(2)13(17)15-6-4-5-7-15/h10-12H,4-9H2,1-3H3. The van der Waals surface area contributed by atoms with Crippen molar-refractivity contribution >= 4 is 11.9 Å². The smallest absolute Gasteiger partial charge is 0.310 e. The third-order valence-corrected chi connectivity index (χ3v) is 4.47. The number of hydrogen-bond acceptors (Lipinski definition) is 4. The van der Waals surface area contributed by atoms with Crippen LogP contribution >= 0.6 is 0 Å². The molecule has 0 aliphatic carbocycles. The molecule has 0 aromatic heterocycles. The SMILES string of the molecule is COC(=O)C1CN(C(C)C(=O)N2CCCC2)CC1C. The van der Waals surface area contributed by atoms with Crippen LogP contribution in [0.3, 0.4) is 0 Å². The maximum absolute atomic E-state index is 12.4. The molecule has 5 heteroatoms. The summed E-state index contributed by atoms with van der Waals surface area (Å²) in [5.41, 5.74) is 0. The van der Waals surface area contributed by atoms with E-state index >= 15 is 0 Å². The van der Waals surface area contributed by atoms with Crippen molar-refractivity contribution in [3.8, 4) is 0 Å². The lowest BCUT2D eigenvalue weighted by molar-refractivity contribution is -0.146. The van der Waals surface area contributed by atoms with Gasteiger partial charge in [0.2, 0.25) is 5.91 Å². The van der Waals surface area contributed by atoms with Gasteiger partial charge in [-0.25, -0.2) is 0 Å². The topological polar surface area (TPSA) is 49.9 Å². The normalized spacial score (nSPS) is 29.5. The minimum absolute atomic E-state index is 0.0983. The Bertz CT molecular complexity index is 353. The first-order valence-corrected chi connectivity index (χ1v) is 7.15. The van der Waals surface area contributed by atoms with Crippen LogP contribution in [-0.2, 0) is 14.3 Å². The van der Waals surface area contributed by atoms with E-state index in [-0.39, 0.29) is 29.8 Å². The van der Waals surface area contributed by atoms with Crippen LogP contribution in [0.5, 0.6) is 0 Å². The van der Waals surface area contributed by atoms with E-state index in [1.807, 2.05) is 11.8 Å². The highest BCUT2D eigenvalue weighted by molar-refractivity contribution is 5.82. The molecule has 0 aromatic carbocycles. The molecule has 19 heavy (non-hydrogen) atoms. The molecule has 108 valence electrons. The van der Waals surface area contributed by atoms with Gasteiger partial charge in [0, 0.05) is 26.2 Å². The zero-order valence-corrected chi connectivity index (χ0v) is 12.1. The molecule has 3 atom stereocenters. The Kier molecular flexibility index (Phi) is 4.45. The number of amides is 1. The molecule has 2 aliphatic rings. The van der Waals surface area contributed by atoms with Crippen LogP contribution in [0.15, 0.2) is 0 Å². The summed E-state index contributed by atoms with van der Waals surface area (Å²) in [7, 11) is 1.43. The summed E-state index contributed by atoms with van der Waals surface area (Å²) in [4.78, 5) is 28.1. The Balaban J connectivity index is 1.95. The largest absolute Gasteiger partial charge is 0.469 e. The van der Waals surface area contributed by atoms with E-state index in [1.54, 1.807) is 0 Å². The lowest BCUT2D eigenvalue weighted by Crippen LogP contribution is -2.45. The second-order valence-corrected chi connectivity index (χ2v) is 5.77. The number of carbonyl (C=O) groups excluding carboxylic acids is 2. The van der Waals surface area contributed by atoms with Gasteiger partial charge in [0.05, 0.1) is 19.1 Å². The summed E-state index contributed by atoms with van der Waals surface area (Å²) in [6.45, 7) is 7.19. The van der Waals surface area contributed by atoms with E-state index in [1.165, 1.54) is 7.11 Å². The lowest BCUT2D eigenvalue weighted by atomic mass is 9.99. The molecule has 2 fully saturated rings. The van der Waals surface area contributed by atoms with Crippen molar-refractivity contribution in [2.45, 2.75) is 32.7 Å². The van der Waals surface area contributed by atoms with Crippen LogP contribution in [0.2, 0.25) is 0 Å². The molecule has 2 aliphatic heterocycles. The summed E-state index contributed by atoms with van der Waals surface area (Å²) in [6.07, 6.45) is 2.22. The maximum atomic E-state index is 12.4.